The highest BCUT2D eigenvalue weighted by Gasteiger charge is 2.42. The van der Waals surface area contributed by atoms with Gasteiger partial charge in [0.2, 0.25) is 5.91 Å². The summed E-state index contributed by atoms with van der Waals surface area (Å²) in [5, 5.41) is 11.8. The molecule has 19 heavy (non-hydrogen) atoms. The van der Waals surface area contributed by atoms with Crippen LogP contribution < -0.4 is 11.1 Å². The van der Waals surface area contributed by atoms with Crippen molar-refractivity contribution in [3.05, 3.63) is 0 Å². The van der Waals surface area contributed by atoms with Crippen LogP contribution >= 0.6 is 0 Å². The number of carboxylic acids is 1. The van der Waals surface area contributed by atoms with Gasteiger partial charge in [0.15, 0.2) is 0 Å². The first-order valence-corrected chi connectivity index (χ1v) is 6.83. The van der Waals surface area contributed by atoms with Gasteiger partial charge in [-0.3, -0.25) is 9.59 Å². The average molecular weight is 270 g/mol. The van der Waals surface area contributed by atoms with Gasteiger partial charge in [0.05, 0.1) is 24.8 Å². The molecule has 0 bridgehead atoms. The fourth-order valence-corrected chi connectivity index (χ4v) is 3.05. The lowest BCUT2D eigenvalue weighted by Gasteiger charge is -2.36. The molecule has 6 nitrogen and oxygen atoms in total. The zero-order valence-electron chi connectivity index (χ0n) is 11.2. The topological polar surface area (TPSA) is 102 Å². The lowest BCUT2D eigenvalue weighted by Crippen LogP contribution is -2.59. The van der Waals surface area contributed by atoms with E-state index < -0.39 is 23.5 Å². The maximum absolute atomic E-state index is 12.3. The van der Waals surface area contributed by atoms with E-state index in [0.29, 0.717) is 18.8 Å². The van der Waals surface area contributed by atoms with E-state index in [9.17, 15) is 9.59 Å². The second-order valence-corrected chi connectivity index (χ2v) is 5.92. The summed E-state index contributed by atoms with van der Waals surface area (Å²) in [6, 6.07) is -0.470. The van der Waals surface area contributed by atoms with E-state index in [0.717, 1.165) is 12.8 Å². The first-order chi connectivity index (χ1) is 8.92. The highest BCUT2D eigenvalue weighted by Crippen LogP contribution is 2.31. The van der Waals surface area contributed by atoms with Crippen LogP contribution in [0.2, 0.25) is 0 Å². The Bertz CT molecular complexity index is 374. The Balaban J connectivity index is 1.98. The van der Waals surface area contributed by atoms with Gasteiger partial charge in [0.1, 0.15) is 5.92 Å². The number of nitrogens with one attached hydrogen (secondary N) is 1. The summed E-state index contributed by atoms with van der Waals surface area (Å²) in [4.78, 5) is 23.3. The molecule has 1 saturated heterocycles. The van der Waals surface area contributed by atoms with Crippen LogP contribution in [0, 0.1) is 11.8 Å². The van der Waals surface area contributed by atoms with Gasteiger partial charge < -0.3 is 20.9 Å². The van der Waals surface area contributed by atoms with Gasteiger partial charge in [-0.25, -0.2) is 0 Å². The van der Waals surface area contributed by atoms with E-state index in [1.54, 1.807) is 0 Å². The third kappa shape index (κ3) is 3.06. The van der Waals surface area contributed by atoms with E-state index in [1.807, 2.05) is 0 Å². The van der Waals surface area contributed by atoms with E-state index in [4.69, 9.17) is 15.6 Å². The minimum absolute atomic E-state index is 0.147. The molecule has 2 aliphatic rings. The molecule has 0 aromatic carbocycles. The Morgan fingerprint density at radius 3 is 2.79 bits per heavy atom. The number of carbonyl (C=O) groups is 2. The molecule has 108 valence electrons. The third-order valence-corrected chi connectivity index (χ3v) is 4.20. The fourth-order valence-electron chi connectivity index (χ4n) is 3.05. The summed E-state index contributed by atoms with van der Waals surface area (Å²) in [7, 11) is 0. The molecule has 6 heteroatoms. The Morgan fingerprint density at radius 2 is 2.16 bits per heavy atom. The molecule has 2 rings (SSSR count). The normalized spacial score (nSPS) is 38.9. The monoisotopic (exact) mass is 270 g/mol. The van der Waals surface area contributed by atoms with E-state index in [-0.39, 0.29) is 19.1 Å². The van der Waals surface area contributed by atoms with Crippen molar-refractivity contribution < 1.29 is 19.4 Å². The van der Waals surface area contributed by atoms with Crippen LogP contribution in [0.15, 0.2) is 0 Å². The molecule has 0 spiro atoms. The van der Waals surface area contributed by atoms with Crippen LogP contribution in [-0.2, 0) is 14.3 Å². The lowest BCUT2D eigenvalue weighted by molar-refractivity contribution is -0.142. The van der Waals surface area contributed by atoms with Crippen molar-refractivity contribution in [3.8, 4) is 0 Å². The zero-order valence-corrected chi connectivity index (χ0v) is 11.2. The van der Waals surface area contributed by atoms with Crippen LogP contribution in [-0.4, -0.2) is 41.8 Å². The van der Waals surface area contributed by atoms with Gasteiger partial charge in [-0.05, 0) is 18.8 Å². The number of rotatable bonds is 3. The number of carbonyl (C=O) groups excluding carboxylic acids is 1. The molecule has 4 unspecified atom stereocenters. The summed E-state index contributed by atoms with van der Waals surface area (Å²) in [6.07, 6.45) is 3.35. The summed E-state index contributed by atoms with van der Waals surface area (Å²) < 4.78 is 5.14. The van der Waals surface area contributed by atoms with Gasteiger partial charge in [-0.15, -0.1) is 0 Å². The number of nitrogens with two attached hydrogens (primary N) is 1. The fraction of sp³-hybridized carbons (Fsp3) is 0.846. The van der Waals surface area contributed by atoms with E-state index >= 15 is 0 Å². The molecule has 1 amide bonds. The average Bonchev–Trinajstić information content (AvgIpc) is 2.76. The number of ether oxygens (including phenoxy) is 1. The third-order valence-electron chi connectivity index (χ3n) is 4.20. The Labute approximate surface area is 112 Å². The number of amides is 1. The van der Waals surface area contributed by atoms with Crippen LogP contribution in [0.3, 0.4) is 0 Å². The van der Waals surface area contributed by atoms with Crippen LogP contribution in [0.25, 0.3) is 0 Å². The largest absolute Gasteiger partial charge is 0.481 e. The summed E-state index contributed by atoms with van der Waals surface area (Å²) in [6.45, 7) is 2.48. The lowest BCUT2D eigenvalue weighted by atomic mass is 9.76. The molecule has 0 aromatic heterocycles. The van der Waals surface area contributed by atoms with Gasteiger partial charge in [-0.1, -0.05) is 19.8 Å². The molecular weight excluding hydrogens is 248 g/mol. The molecule has 4 N–H and O–H groups in total. The predicted molar refractivity (Wildman–Crippen MR) is 68.4 cm³/mol. The maximum Gasteiger partial charge on any atom is 0.311 e. The van der Waals surface area contributed by atoms with Crippen molar-refractivity contribution >= 4 is 11.9 Å². The minimum atomic E-state index is -0.939. The van der Waals surface area contributed by atoms with E-state index in [2.05, 4.69) is 12.2 Å². The molecule has 1 saturated carbocycles. The predicted octanol–water partition coefficient (Wildman–Crippen LogP) is 0.110. The van der Waals surface area contributed by atoms with Gasteiger partial charge in [-0.2, -0.15) is 0 Å². The Hall–Kier alpha value is -1.14. The molecule has 1 aliphatic carbocycles. The number of hydrogen-bond donors (Lipinski definition) is 3. The Kier molecular flexibility index (Phi) is 4.10. The SMILES string of the molecule is CC1CCCC(N)(C(=O)NC2COCC2C(=O)O)C1. The van der Waals surface area contributed by atoms with Gasteiger partial charge in [0, 0.05) is 0 Å². The van der Waals surface area contributed by atoms with Crippen LogP contribution in [0.4, 0.5) is 0 Å². The molecular formula is C13H22N2O4. The smallest absolute Gasteiger partial charge is 0.311 e. The molecule has 2 fully saturated rings. The van der Waals surface area contributed by atoms with Crippen LogP contribution in [0.1, 0.15) is 32.6 Å². The van der Waals surface area contributed by atoms with Crippen LogP contribution in [0.5, 0.6) is 0 Å². The summed E-state index contributed by atoms with van der Waals surface area (Å²) in [5.41, 5.74) is 5.33. The zero-order chi connectivity index (χ0) is 14.0. The van der Waals surface area contributed by atoms with Crippen molar-refractivity contribution in [1.82, 2.24) is 5.32 Å². The first kappa shape index (κ1) is 14.3. The second-order valence-electron chi connectivity index (χ2n) is 5.92. The summed E-state index contributed by atoms with van der Waals surface area (Å²) >= 11 is 0. The molecule has 4 atom stereocenters. The van der Waals surface area contributed by atoms with Crippen molar-refractivity contribution in [1.29, 1.82) is 0 Å². The first-order valence-electron chi connectivity index (χ1n) is 6.83. The Morgan fingerprint density at radius 1 is 1.42 bits per heavy atom. The van der Waals surface area contributed by atoms with Crippen molar-refractivity contribution in [2.24, 2.45) is 17.6 Å². The highest BCUT2D eigenvalue weighted by atomic mass is 16.5. The maximum atomic E-state index is 12.3. The van der Waals surface area contributed by atoms with Crippen molar-refractivity contribution in [2.75, 3.05) is 13.2 Å². The number of hydrogen-bond acceptors (Lipinski definition) is 4. The summed E-state index contributed by atoms with van der Waals surface area (Å²) in [5.74, 6) is -1.42. The molecule has 1 aliphatic heterocycles. The number of carboxylic acid groups (broad SMARTS) is 1. The molecule has 0 radical (unpaired) electrons. The highest BCUT2D eigenvalue weighted by molar-refractivity contribution is 5.87. The number of aliphatic carboxylic acids is 1. The standard InChI is InChI=1S/C13H22N2O4/c1-8-3-2-4-13(14,5-8)12(18)15-10-7-19-6-9(10)11(16)17/h8-10H,2-7,14H2,1H3,(H,15,18)(H,16,17). The molecule has 1 heterocycles. The quantitative estimate of drug-likeness (QED) is 0.675. The molecule has 0 aromatic rings. The second kappa shape index (κ2) is 5.46. The van der Waals surface area contributed by atoms with Gasteiger partial charge >= 0.3 is 5.97 Å². The van der Waals surface area contributed by atoms with E-state index in [1.165, 1.54) is 0 Å². The van der Waals surface area contributed by atoms with Crippen molar-refractivity contribution in [2.45, 2.75) is 44.2 Å². The van der Waals surface area contributed by atoms with Gasteiger partial charge in [0.25, 0.3) is 0 Å². The van der Waals surface area contributed by atoms with Crippen molar-refractivity contribution in [3.63, 3.8) is 0 Å². The minimum Gasteiger partial charge on any atom is -0.481 e.